The summed E-state index contributed by atoms with van der Waals surface area (Å²) in [6, 6.07) is 7.77. The van der Waals surface area contributed by atoms with Gasteiger partial charge in [0.25, 0.3) is 0 Å². The Kier molecular flexibility index (Phi) is 12.8. The highest BCUT2D eigenvalue weighted by Crippen LogP contribution is 2.39. The van der Waals surface area contributed by atoms with Crippen molar-refractivity contribution in [1.29, 1.82) is 0 Å². The maximum Gasteiger partial charge on any atom is 0.419 e. The Balaban J connectivity index is 0.000000284. The summed E-state index contributed by atoms with van der Waals surface area (Å²) >= 11 is 5.74. The number of hydrogen-bond acceptors (Lipinski definition) is 10. The van der Waals surface area contributed by atoms with Gasteiger partial charge in [-0.25, -0.2) is 19.9 Å². The Hall–Kier alpha value is -3.26. The molecule has 0 amide bonds. The lowest BCUT2D eigenvalue weighted by molar-refractivity contribution is -0.139. The van der Waals surface area contributed by atoms with Crippen molar-refractivity contribution in [3.63, 3.8) is 0 Å². The Morgan fingerprint density at radius 1 is 0.935 bits per heavy atom. The van der Waals surface area contributed by atoms with E-state index in [1.165, 1.54) is 18.7 Å². The summed E-state index contributed by atoms with van der Waals surface area (Å²) in [5.74, 6) is 1.37. The van der Waals surface area contributed by atoms with Crippen molar-refractivity contribution in [3.8, 4) is 17.0 Å². The lowest BCUT2D eigenvalue weighted by Crippen LogP contribution is -2.43. The van der Waals surface area contributed by atoms with Gasteiger partial charge in [-0.2, -0.15) is 13.2 Å². The number of anilines is 2. The summed E-state index contributed by atoms with van der Waals surface area (Å²) in [7, 11) is 0. The van der Waals surface area contributed by atoms with Crippen LogP contribution in [0.4, 0.5) is 24.8 Å². The topological polar surface area (TPSA) is 129 Å². The average Bonchev–Trinajstić information content (AvgIpc) is 3.00. The van der Waals surface area contributed by atoms with E-state index in [0.29, 0.717) is 47.2 Å². The van der Waals surface area contributed by atoms with E-state index in [1.807, 2.05) is 13.8 Å². The summed E-state index contributed by atoms with van der Waals surface area (Å²) in [6.07, 6.45) is 2.94. The number of nitrogens with zero attached hydrogens (tertiary/aromatic N) is 4. The fraction of sp³-hybridized carbons (Fsp3) is 0.562. The van der Waals surface area contributed by atoms with Crippen molar-refractivity contribution < 1.29 is 27.4 Å². The molecule has 0 radical (unpaired) electrons. The zero-order chi connectivity index (χ0) is 33.2. The molecule has 0 bridgehead atoms. The second kappa shape index (κ2) is 16.5. The van der Waals surface area contributed by atoms with Crippen LogP contribution in [0, 0.1) is 5.92 Å². The van der Waals surface area contributed by atoms with Crippen LogP contribution in [0.1, 0.15) is 58.4 Å². The molecule has 2 saturated heterocycles. The van der Waals surface area contributed by atoms with Crippen LogP contribution >= 0.6 is 11.6 Å². The van der Waals surface area contributed by atoms with Crippen LogP contribution in [0.5, 0.6) is 5.75 Å². The summed E-state index contributed by atoms with van der Waals surface area (Å²) in [4.78, 5) is 16.2. The van der Waals surface area contributed by atoms with Crippen molar-refractivity contribution in [1.82, 2.24) is 19.9 Å². The van der Waals surface area contributed by atoms with Crippen molar-refractivity contribution in [2.75, 3.05) is 43.7 Å². The first kappa shape index (κ1) is 35.6. The zero-order valence-electron chi connectivity index (χ0n) is 26.4. The molecule has 2 fully saturated rings. The number of alkyl halides is 3. The Labute approximate surface area is 273 Å². The SMILES string of the molecule is CC(C)C[C@](C)(N)COc1ccc(-c2cc(NC3CCCOC3)ncn2)cc1C(F)(F)F.Clc1cc(NC2CCCOC2)ncn1. The summed E-state index contributed by atoms with van der Waals surface area (Å²) < 4.78 is 57.7. The van der Waals surface area contributed by atoms with Crippen LogP contribution in [-0.2, 0) is 15.7 Å². The first-order valence-electron chi connectivity index (χ1n) is 15.5. The highest BCUT2D eigenvalue weighted by Gasteiger charge is 2.35. The first-order valence-corrected chi connectivity index (χ1v) is 15.9. The molecule has 0 aliphatic carbocycles. The summed E-state index contributed by atoms with van der Waals surface area (Å²) in [5.41, 5.74) is 5.33. The molecular weight excluding hydrogens is 623 g/mol. The van der Waals surface area contributed by atoms with Gasteiger partial charge in [0.05, 0.1) is 36.6 Å². The number of nitrogens with one attached hydrogen (secondary N) is 2. The van der Waals surface area contributed by atoms with Gasteiger partial charge < -0.3 is 30.6 Å². The third-order valence-electron chi connectivity index (χ3n) is 7.34. The molecule has 5 rings (SSSR count). The number of benzene rings is 1. The second-order valence-electron chi connectivity index (χ2n) is 12.4. The molecule has 4 heterocycles. The van der Waals surface area contributed by atoms with Gasteiger partial charge in [-0.3, -0.25) is 0 Å². The standard InChI is InChI=1S/C23H31F3N4O2.C9H12ClN3O/c1-15(2)11-22(3,27)13-32-20-7-6-16(9-18(20)23(24,25)26)19-10-21(29-14-28-19)30-17-5-4-8-31-12-17;10-8-4-9(12-6-11-8)13-7-2-1-3-14-5-7/h6-7,9-10,14-15,17H,4-5,8,11-13,27H2,1-3H3,(H,28,29,30);4,6-7H,1-3,5H2,(H,11,12,13)/t17?,22-;/m0./s1. The molecule has 14 heteroatoms. The van der Waals surface area contributed by atoms with Crippen molar-refractivity contribution in [3.05, 3.63) is 53.7 Å². The molecular formula is C32H43ClF3N7O3. The monoisotopic (exact) mass is 665 g/mol. The zero-order valence-corrected chi connectivity index (χ0v) is 27.2. The number of ether oxygens (including phenoxy) is 3. The van der Waals surface area contributed by atoms with Crippen LogP contribution in [0.25, 0.3) is 11.3 Å². The van der Waals surface area contributed by atoms with Gasteiger partial charge >= 0.3 is 6.18 Å². The number of rotatable bonds is 10. The molecule has 0 saturated carbocycles. The van der Waals surface area contributed by atoms with E-state index in [4.69, 9.17) is 31.5 Å². The number of aromatic nitrogens is 4. The van der Waals surface area contributed by atoms with Crippen molar-refractivity contribution >= 4 is 23.2 Å². The van der Waals surface area contributed by atoms with Gasteiger partial charge in [0.1, 0.15) is 41.8 Å². The number of nitrogens with two attached hydrogens (primary N) is 1. The number of halogens is 4. The molecule has 2 aliphatic heterocycles. The fourth-order valence-corrected chi connectivity index (χ4v) is 5.55. The molecule has 1 aromatic carbocycles. The lowest BCUT2D eigenvalue weighted by Gasteiger charge is -2.27. The van der Waals surface area contributed by atoms with Crippen LogP contribution in [0.15, 0.2) is 43.0 Å². The molecule has 3 aromatic rings. The molecule has 3 atom stereocenters. The third-order valence-corrected chi connectivity index (χ3v) is 7.54. The Morgan fingerprint density at radius 2 is 1.54 bits per heavy atom. The van der Waals surface area contributed by atoms with Crippen LogP contribution in [-0.4, -0.2) is 70.6 Å². The molecule has 2 aromatic heterocycles. The van der Waals surface area contributed by atoms with Gasteiger partial charge in [0.15, 0.2) is 0 Å². The van der Waals surface area contributed by atoms with Crippen LogP contribution < -0.4 is 21.1 Å². The maximum absolute atomic E-state index is 13.8. The van der Waals surface area contributed by atoms with Crippen molar-refractivity contribution in [2.24, 2.45) is 11.7 Å². The molecule has 4 N–H and O–H groups in total. The normalized spacial score (nSPS) is 19.8. The quantitative estimate of drug-likeness (QED) is 0.203. The highest BCUT2D eigenvalue weighted by atomic mass is 35.5. The molecule has 2 aliphatic rings. The van der Waals surface area contributed by atoms with E-state index in [2.05, 4.69) is 30.6 Å². The Bertz CT molecular complexity index is 1390. The summed E-state index contributed by atoms with van der Waals surface area (Å²) in [6.45, 7) is 8.69. The Morgan fingerprint density at radius 3 is 2.09 bits per heavy atom. The fourth-order valence-electron chi connectivity index (χ4n) is 5.40. The largest absolute Gasteiger partial charge is 0.491 e. The molecule has 252 valence electrons. The van der Waals surface area contributed by atoms with E-state index in [-0.39, 0.29) is 18.4 Å². The predicted octanol–water partition coefficient (Wildman–Crippen LogP) is 6.62. The molecule has 0 spiro atoms. The minimum Gasteiger partial charge on any atom is -0.491 e. The predicted molar refractivity (Wildman–Crippen MR) is 172 cm³/mol. The first-order chi connectivity index (χ1) is 21.9. The average molecular weight is 666 g/mol. The number of hydrogen-bond donors (Lipinski definition) is 3. The van der Waals surface area contributed by atoms with Crippen molar-refractivity contribution in [2.45, 2.75) is 76.7 Å². The summed E-state index contributed by atoms with van der Waals surface area (Å²) in [5, 5.41) is 6.98. The second-order valence-corrected chi connectivity index (χ2v) is 12.8. The molecule has 46 heavy (non-hydrogen) atoms. The minimum absolute atomic E-state index is 0.0152. The highest BCUT2D eigenvalue weighted by molar-refractivity contribution is 6.29. The van der Waals surface area contributed by atoms with Gasteiger partial charge in [0.2, 0.25) is 0 Å². The minimum atomic E-state index is -4.58. The van der Waals surface area contributed by atoms with Gasteiger partial charge in [0, 0.05) is 36.4 Å². The van der Waals surface area contributed by atoms with E-state index in [0.717, 1.165) is 57.4 Å². The van der Waals surface area contributed by atoms with E-state index < -0.39 is 17.3 Å². The van der Waals surface area contributed by atoms with Gasteiger partial charge in [-0.05, 0) is 63.1 Å². The van der Waals surface area contributed by atoms with Gasteiger partial charge in [-0.15, -0.1) is 0 Å². The maximum atomic E-state index is 13.8. The van der Waals surface area contributed by atoms with Crippen LogP contribution in [0.3, 0.4) is 0 Å². The lowest BCUT2D eigenvalue weighted by atomic mass is 9.93. The molecule has 2 unspecified atom stereocenters. The van der Waals surface area contributed by atoms with E-state index >= 15 is 0 Å². The van der Waals surface area contributed by atoms with Gasteiger partial charge in [-0.1, -0.05) is 25.4 Å². The van der Waals surface area contributed by atoms with E-state index in [1.54, 1.807) is 25.1 Å². The smallest absolute Gasteiger partial charge is 0.419 e. The van der Waals surface area contributed by atoms with E-state index in [9.17, 15) is 13.2 Å². The third kappa shape index (κ3) is 11.5. The molecule has 10 nitrogen and oxygen atoms in total. The van der Waals surface area contributed by atoms with Crippen LogP contribution in [0.2, 0.25) is 5.15 Å².